The third kappa shape index (κ3) is 5.11. The minimum atomic E-state index is -0.531. The fourth-order valence-corrected chi connectivity index (χ4v) is 4.55. The Morgan fingerprint density at radius 2 is 1.80 bits per heavy atom. The van der Waals surface area contributed by atoms with Crippen LogP contribution < -0.4 is 10.7 Å². The van der Waals surface area contributed by atoms with Gasteiger partial charge in [0, 0.05) is 56.9 Å². The number of cyclic esters (lactones) is 1. The van der Waals surface area contributed by atoms with Gasteiger partial charge in [0.1, 0.15) is 6.10 Å². The molecule has 3 heterocycles. The van der Waals surface area contributed by atoms with E-state index in [1.54, 1.807) is 47.4 Å². The molecule has 1 atom stereocenters. The van der Waals surface area contributed by atoms with E-state index in [1.165, 1.54) is 0 Å². The number of ketones is 1. The molecule has 0 spiro atoms. The number of aromatic nitrogens is 1. The minimum absolute atomic E-state index is 0.0129. The van der Waals surface area contributed by atoms with Gasteiger partial charge in [-0.2, -0.15) is 5.26 Å². The first kappa shape index (κ1) is 22.8. The molecular weight excluding hydrogens is 450 g/mol. The number of nitrogens with one attached hydrogen (secondary N) is 1. The van der Waals surface area contributed by atoms with Crippen LogP contribution in [0.25, 0.3) is 11.1 Å². The van der Waals surface area contributed by atoms with E-state index < -0.39 is 5.76 Å². The number of oxazole rings is 1. The number of piperazine rings is 1. The molecule has 1 unspecified atom stereocenters. The number of benzene rings is 2. The van der Waals surface area contributed by atoms with Gasteiger partial charge in [-0.1, -0.05) is 0 Å². The maximum absolute atomic E-state index is 12.6. The molecule has 1 amide bonds. The van der Waals surface area contributed by atoms with Gasteiger partial charge in [-0.3, -0.25) is 19.6 Å². The number of rotatable bonds is 7. The van der Waals surface area contributed by atoms with Crippen molar-refractivity contribution in [2.24, 2.45) is 0 Å². The highest BCUT2D eigenvalue weighted by Crippen LogP contribution is 2.23. The van der Waals surface area contributed by atoms with Crippen LogP contribution >= 0.6 is 0 Å². The summed E-state index contributed by atoms with van der Waals surface area (Å²) in [6.45, 7) is 5.13. The van der Waals surface area contributed by atoms with Crippen molar-refractivity contribution in [2.75, 3.05) is 50.7 Å². The van der Waals surface area contributed by atoms with Crippen molar-refractivity contribution in [1.29, 1.82) is 5.26 Å². The fourth-order valence-electron chi connectivity index (χ4n) is 4.55. The molecule has 0 bridgehead atoms. The number of nitrogens with zero attached hydrogens (tertiary/aromatic N) is 4. The van der Waals surface area contributed by atoms with Crippen molar-refractivity contribution in [3.05, 3.63) is 64.1 Å². The van der Waals surface area contributed by atoms with Gasteiger partial charge in [-0.15, -0.1) is 0 Å². The Bertz CT molecular complexity index is 1330. The van der Waals surface area contributed by atoms with Gasteiger partial charge >= 0.3 is 11.8 Å². The van der Waals surface area contributed by atoms with Crippen LogP contribution in [0.1, 0.15) is 22.3 Å². The van der Waals surface area contributed by atoms with Crippen molar-refractivity contribution in [3.8, 4) is 6.07 Å². The van der Waals surface area contributed by atoms with E-state index >= 15 is 0 Å². The number of nitriles is 1. The lowest BCUT2D eigenvalue weighted by atomic mass is 10.1. The number of carbonyl (C=O) groups is 2. The fraction of sp³-hybridized carbons (Fsp3) is 0.360. The van der Waals surface area contributed by atoms with Crippen molar-refractivity contribution in [2.45, 2.75) is 12.5 Å². The molecule has 0 saturated carbocycles. The van der Waals surface area contributed by atoms with Crippen LogP contribution in [-0.2, 0) is 4.74 Å². The monoisotopic (exact) mass is 475 g/mol. The number of ether oxygens (including phenoxy) is 1. The summed E-state index contributed by atoms with van der Waals surface area (Å²) in [5, 5.41) is 8.94. The Morgan fingerprint density at radius 3 is 2.54 bits per heavy atom. The summed E-state index contributed by atoms with van der Waals surface area (Å²) in [6.07, 6.45) is -0.191. The Hall–Kier alpha value is -3.94. The summed E-state index contributed by atoms with van der Waals surface area (Å²) in [4.78, 5) is 44.9. The number of H-pyrrole nitrogens is 1. The zero-order valence-corrected chi connectivity index (χ0v) is 19.1. The van der Waals surface area contributed by atoms with Crippen molar-refractivity contribution < 1.29 is 18.7 Å². The number of hydrogen-bond donors (Lipinski definition) is 1. The van der Waals surface area contributed by atoms with Crippen LogP contribution in [0.3, 0.4) is 0 Å². The van der Waals surface area contributed by atoms with Crippen molar-refractivity contribution in [1.82, 2.24) is 14.8 Å². The average Bonchev–Trinajstić information content (AvgIpc) is 3.43. The smallest absolute Gasteiger partial charge is 0.417 e. The van der Waals surface area contributed by atoms with E-state index in [9.17, 15) is 14.4 Å². The lowest BCUT2D eigenvalue weighted by Gasteiger charge is -2.35. The number of carbonyl (C=O) groups excluding carboxylic acids is 2. The Balaban J connectivity index is 1.07. The number of aromatic amines is 1. The van der Waals surface area contributed by atoms with E-state index in [0.29, 0.717) is 48.3 Å². The van der Waals surface area contributed by atoms with Crippen LogP contribution in [0.15, 0.2) is 51.7 Å². The normalized spacial score (nSPS) is 19.1. The van der Waals surface area contributed by atoms with E-state index in [2.05, 4.69) is 20.9 Å². The summed E-state index contributed by atoms with van der Waals surface area (Å²) in [5.74, 6) is -0.518. The quantitative estimate of drug-likeness (QED) is 0.516. The van der Waals surface area contributed by atoms with Gasteiger partial charge in [0.15, 0.2) is 11.4 Å². The molecule has 10 nitrogen and oxygen atoms in total. The first-order valence-electron chi connectivity index (χ1n) is 11.6. The topological polar surface area (TPSA) is 123 Å². The number of fused-ring (bicyclic) bond motifs is 1. The average molecular weight is 476 g/mol. The lowest BCUT2D eigenvalue weighted by Crippen LogP contribution is -2.49. The largest absolute Gasteiger partial charge is 0.443 e. The van der Waals surface area contributed by atoms with Crippen LogP contribution in [0.2, 0.25) is 0 Å². The molecule has 1 N–H and O–H groups in total. The number of anilines is 1. The molecular formula is C25H25N5O5. The molecule has 3 aromatic rings. The van der Waals surface area contributed by atoms with E-state index in [0.717, 1.165) is 31.9 Å². The van der Waals surface area contributed by atoms with Crippen LogP contribution in [0.5, 0.6) is 0 Å². The summed E-state index contributed by atoms with van der Waals surface area (Å²) in [7, 11) is 0. The summed E-state index contributed by atoms with van der Waals surface area (Å²) in [5.41, 5.74) is 2.78. The van der Waals surface area contributed by atoms with Crippen LogP contribution in [-0.4, -0.2) is 78.6 Å². The molecule has 1 aromatic heterocycles. The van der Waals surface area contributed by atoms with Gasteiger partial charge in [-0.05, 0) is 42.5 Å². The van der Waals surface area contributed by atoms with E-state index in [-0.39, 0.29) is 18.0 Å². The van der Waals surface area contributed by atoms with Crippen molar-refractivity contribution in [3.63, 3.8) is 0 Å². The van der Waals surface area contributed by atoms with Gasteiger partial charge in [0.05, 0.1) is 23.7 Å². The summed E-state index contributed by atoms with van der Waals surface area (Å²) in [6, 6.07) is 14.0. The first-order valence-corrected chi connectivity index (χ1v) is 11.6. The van der Waals surface area contributed by atoms with E-state index in [4.69, 9.17) is 14.4 Å². The molecule has 10 heteroatoms. The molecule has 2 aliphatic rings. The minimum Gasteiger partial charge on any atom is -0.443 e. The molecule has 0 radical (unpaired) electrons. The Labute approximate surface area is 201 Å². The maximum Gasteiger partial charge on any atom is 0.417 e. The second-order valence-corrected chi connectivity index (χ2v) is 8.82. The third-order valence-corrected chi connectivity index (χ3v) is 6.51. The zero-order chi connectivity index (χ0) is 24.4. The van der Waals surface area contributed by atoms with E-state index in [1.807, 2.05) is 0 Å². The van der Waals surface area contributed by atoms with Gasteiger partial charge in [-0.25, -0.2) is 9.59 Å². The van der Waals surface area contributed by atoms with Crippen molar-refractivity contribution >= 4 is 28.7 Å². The van der Waals surface area contributed by atoms with Gasteiger partial charge in [0.2, 0.25) is 0 Å². The number of hydrogen-bond acceptors (Lipinski definition) is 8. The summed E-state index contributed by atoms with van der Waals surface area (Å²) >= 11 is 0. The molecule has 2 aromatic carbocycles. The Kier molecular flexibility index (Phi) is 6.35. The standard InChI is InChI=1S/C25H25N5O5/c26-14-17-1-4-19(5-2-17)30-16-20(34-25(30)33)15-29-11-9-28(10-12-29)8-7-22(31)18-3-6-21-23(13-18)35-24(32)27-21/h1-6,13,20H,7-12,15-16H2,(H,27,32). The first-order chi connectivity index (χ1) is 17.0. The highest BCUT2D eigenvalue weighted by atomic mass is 16.6. The number of amides is 1. The molecule has 2 fully saturated rings. The second kappa shape index (κ2) is 9.74. The molecule has 35 heavy (non-hydrogen) atoms. The van der Waals surface area contributed by atoms with Gasteiger partial charge < -0.3 is 14.1 Å². The molecule has 2 saturated heterocycles. The Morgan fingerprint density at radius 1 is 1.06 bits per heavy atom. The molecule has 5 rings (SSSR count). The molecule has 2 aliphatic heterocycles. The third-order valence-electron chi connectivity index (χ3n) is 6.51. The van der Waals surface area contributed by atoms with Gasteiger partial charge in [0.25, 0.3) is 0 Å². The zero-order valence-electron chi connectivity index (χ0n) is 19.1. The predicted molar refractivity (Wildman–Crippen MR) is 127 cm³/mol. The SMILES string of the molecule is N#Cc1ccc(N2CC(CN3CCN(CCC(=O)c4ccc5[nH]c(=O)oc5c4)CC3)OC2=O)cc1. The predicted octanol–water partition coefficient (Wildman–Crippen LogP) is 2.21. The highest BCUT2D eigenvalue weighted by Gasteiger charge is 2.34. The highest BCUT2D eigenvalue weighted by molar-refractivity contribution is 5.98. The van der Waals surface area contributed by atoms with Crippen LogP contribution in [0.4, 0.5) is 10.5 Å². The lowest BCUT2D eigenvalue weighted by molar-refractivity contribution is 0.0744. The number of Topliss-reactive ketones (excluding diaryl/α,β-unsaturated/α-hetero) is 1. The molecule has 0 aliphatic carbocycles. The maximum atomic E-state index is 12.6. The second-order valence-electron chi connectivity index (χ2n) is 8.82. The summed E-state index contributed by atoms with van der Waals surface area (Å²) < 4.78 is 10.6. The molecule has 180 valence electrons. The van der Waals surface area contributed by atoms with Crippen LogP contribution in [0, 0.1) is 11.3 Å².